The molecule has 4 bridgehead atoms. The van der Waals surface area contributed by atoms with E-state index >= 15 is 0 Å². The second-order valence-corrected chi connectivity index (χ2v) is 12.5. The van der Waals surface area contributed by atoms with Crippen molar-refractivity contribution in [3.8, 4) is 0 Å². The van der Waals surface area contributed by atoms with Gasteiger partial charge in [-0.1, -0.05) is 24.3 Å². The molecule has 37 heavy (non-hydrogen) atoms. The molecule has 1 aromatic heterocycles. The Hall–Kier alpha value is -2.99. The molecule has 1 saturated heterocycles. The molecular weight excluding hydrogens is 480 g/mol. The van der Waals surface area contributed by atoms with Gasteiger partial charge in [-0.25, -0.2) is 0 Å². The molecular formula is C31H32N2O3S. The van der Waals surface area contributed by atoms with E-state index in [9.17, 15) is 9.59 Å². The van der Waals surface area contributed by atoms with Crippen LogP contribution in [-0.4, -0.2) is 22.5 Å². The van der Waals surface area contributed by atoms with Crippen LogP contribution >= 0.6 is 11.8 Å². The average Bonchev–Trinajstić information content (AvgIpc) is 3.55. The molecule has 3 aromatic rings. The minimum atomic E-state index is -0.114. The van der Waals surface area contributed by atoms with E-state index in [0.717, 1.165) is 40.7 Å². The van der Waals surface area contributed by atoms with Crippen LogP contribution in [0.25, 0.3) is 0 Å². The predicted octanol–water partition coefficient (Wildman–Crippen LogP) is 6.85. The van der Waals surface area contributed by atoms with Gasteiger partial charge in [0.05, 0.1) is 18.6 Å². The van der Waals surface area contributed by atoms with Crippen LogP contribution in [0.2, 0.25) is 0 Å². The number of amides is 2. The van der Waals surface area contributed by atoms with Gasteiger partial charge in [-0.3, -0.25) is 9.59 Å². The van der Waals surface area contributed by atoms with Crippen LogP contribution in [0.3, 0.4) is 0 Å². The molecule has 2 heterocycles. The van der Waals surface area contributed by atoms with Gasteiger partial charge < -0.3 is 14.6 Å². The van der Waals surface area contributed by atoms with E-state index in [1.165, 1.54) is 37.7 Å². The summed E-state index contributed by atoms with van der Waals surface area (Å²) in [6.07, 6.45) is 8.77. The first-order chi connectivity index (χ1) is 18.1. The number of carbonyl (C=O) groups excluding carboxylic acids is 2. The molecule has 1 aliphatic heterocycles. The summed E-state index contributed by atoms with van der Waals surface area (Å²) in [5.74, 6) is 5.60. The molecule has 190 valence electrons. The highest BCUT2D eigenvalue weighted by Crippen LogP contribution is 2.59. The Labute approximate surface area is 222 Å². The first kappa shape index (κ1) is 23.2. The average molecular weight is 513 g/mol. The minimum absolute atomic E-state index is 0.0765. The first-order valence-electron chi connectivity index (χ1n) is 13.6. The molecule has 5 aliphatic rings. The number of carbonyl (C=O) groups is 2. The molecule has 4 aliphatic carbocycles. The molecule has 5 fully saturated rings. The molecule has 2 aromatic carbocycles. The second-order valence-electron chi connectivity index (χ2n) is 11.4. The number of anilines is 1. The third-order valence-electron chi connectivity index (χ3n) is 9.11. The topological polar surface area (TPSA) is 62.6 Å². The predicted molar refractivity (Wildman–Crippen MR) is 145 cm³/mol. The van der Waals surface area contributed by atoms with E-state index in [0.29, 0.717) is 23.8 Å². The minimum Gasteiger partial charge on any atom is -0.467 e. The maximum Gasteiger partial charge on any atom is 0.255 e. The number of hydrogen-bond donors (Lipinski definition) is 1. The number of rotatable bonds is 6. The molecule has 8 rings (SSSR count). The zero-order valence-electron chi connectivity index (χ0n) is 20.8. The van der Waals surface area contributed by atoms with Crippen molar-refractivity contribution in [2.24, 2.45) is 23.7 Å². The van der Waals surface area contributed by atoms with Crippen molar-refractivity contribution >= 4 is 29.3 Å². The summed E-state index contributed by atoms with van der Waals surface area (Å²) in [5.41, 5.74) is 3.92. The highest BCUT2D eigenvalue weighted by molar-refractivity contribution is 8.00. The van der Waals surface area contributed by atoms with E-state index in [-0.39, 0.29) is 17.2 Å². The van der Waals surface area contributed by atoms with Crippen molar-refractivity contribution < 1.29 is 14.0 Å². The van der Waals surface area contributed by atoms with Crippen molar-refractivity contribution in [2.45, 2.75) is 49.9 Å². The fraction of sp³-hybridized carbons (Fsp3) is 0.419. The Bertz CT molecular complexity index is 1260. The maximum absolute atomic E-state index is 13.0. The Morgan fingerprint density at radius 3 is 2.22 bits per heavy atom. The molecule has 2 amide bonds. The summed E-state index contributed by atoms with van der Waals surface area (Å²) in [4.78, 5) is 27.3. The van der Waals surface area contributed by atoms with E-state index in [4.69, 9.17) is 4.42 Å². The molecule has 6 heteroatoms. The number of furan rings is 1. The maximum atomic E-state index is 13.0. The zero-order chi connectivity index (χ0) is 24.9. The lowest BCUT2D eigenvalue weighted by Gasteiger charge is -2.54. The third-order valence-corrected chi connectivity index (χ3v) is 10.4. The first-order valence-corrected chi connectivity index (χ1v) is 14.6. The van der Waals surface area contributed by atoms with E-state index in [1.807, 2.05) is 41.3 Å². The van der Waals surface area contributed by atoms with Crippen molar-refractivity contribution in [3.05, 3.63) is 89.4 Å². The molecule has 0 radical (unpaired) electrons. The molecule has 5 nitrogen and oxygen atoms in total. The van der Waals surface area contributed by atoms with Crippen LogP contribution in [0.4, 0.5) is 5.69 Å². The monoisotopic (exact) mass is 512 g/mol. The summed E-state index contributed by atoms with van der Waals surface area (Å²) in [6.45, 7) is 0.450. The molecule has 4 saturated carbocycles. The van der Waals surface area contributed by atoms with Crippen LogP contribution in [0.1, 0.15) is 70.6 Å². The number of nitrogens with one attached hydrogen (secondary N) is 1. The van der Waals surface area contributed by atoms with Crippen LogP contribution < -0.4 is 5.32 Å². The zero-order valence-corrected chi connectivity index (χ0v) is 21.7. The number of thioether (sulfide) groups is 1. The van der Waals surface area contributed by atoms with Crippen LogP contribution in [-0.2, 0) is 11.3 Å². The quantitative estimate of drug-likeness (QED) is 0.393. The SMILES string of the molecule is O=C(Nc1ccc(C2C3CC4CC(C3)CC2C4)cc1)c1ccc([C@@H]2SCC(=O)N2Cc2ccco2)cc1. The van der Waals surface area contributed by atoms with Gasteiger partial charge in [0.2, 0.25) is 5.91 Å². The van der Waals surface area contributed by atoms with Gasteiger partial charge >= 0.3 is 0 Å². The lowest BCUT2D eigenvalue weighted by molar-refractivity contribution is -0.128. The van der Waals surface area contributed by atoms with Gasteiger partial charge in [-0.15, -0.1) is 11.8 Å². The summed E-state index contributed by atoms with van der Waals surface area (Å²) >= 11 is 1.61. The van der Waals surface area contributed by atoms with Crippen molar-refractivity contribution in [1.82, 2.24) is 4.90 Å². The Balaban J connectivity index is 1.00. The lowest BCUT2D eigenvalue weighted by Crippen LogP contribution is -2.43. The van der Waals surface area contributed by atoms with Crippen molar-refractivity contribution in [2.75, 3.05) is 11.1 Å². The van der Waals surface area contributed by atoms with Gasteiger partial charge in [-0.05, 0) is 109 Å². The number of benzene rings is 2. The summed E-state index contributed by atoms with van der Waals surface area (Å²) in [7, 11) is 0. The molecule has 1 atom stereocenters. The van der Waals surface area contributed by atoms with E-state index in [1.54, 1.807) is 18.0 Å². The van der Waals surface area contributed by atoms with Crippen molar-refractivity contribution in [1.29, 1.82) is 0 Å². The van der Waals surface area contributed by atoms with E-state index in [2.05, 4.69) is 29.6 Å². The lowest BCUT2D eigenvalue weighted by atomic mass is 9.51. The second kappa shape index (κ2) is 9.39. The van der Waals surface area contributed by atoms with Crippen LogP contribution in [0, 0.1) is 23.7 Å². The van der Waals surface area contributed by atoms with Crippen molar-refractivity contribution in [3.63, 3.8) is 0 Å². The smallest absolute Gasteiger partial charge is 0.255 e. The standard InChI is InChI=1S/C31H32N2O3S/c34-28-18-37-31(33(28)17-27-2-1-11-36-27)23-5-3-22(4-6-23)30(35)32-26-9-7-21(8-10-26)29-24-13-19-12-20(15-24)16-25(29)14-19/h1-11,19-20,24-25,29,31H,12-18H2,(H,32,35)/t19?,20?,24?,25?,29?,31-/m0/s1. The van der Waals surface area contributed by atoms with Gasteiger partial charge in [0.25, 0.3) is 5.91 Å². The Kier molecular flexibility index (Phi) is 5.88. The summed E-state index contributed by atoms with van der Waals surface area (Å²) < 4.78 is 5.45. The van der Waals surface area contributed by atoms with E-state index < -0.39 is 0 Å². The fourth-order valence-corrected chi connectivity index (χ4v) is 8.92. The summed E-state index contributed by atoms with van der Waals surface area (Å²) in [5, 5.41) is 2.99. The largest absolute Gasteiger partial charge is 0.467 e. The Morgan fingerprint density at radius 2 is 1.57 bits per heavy atom. The van der Waals surface area contributed by atoms with Gasteiger partial charge in [0, 0.05) is 11.3 Å². The van der Waals surface area contributed by atoms with Crippen LogP contribution in [0.15, 0.2) is 71.3 Å². The fourth-order valence-electron chi connectivity index (χ4n) is 7.73. The highest BCUT2D eigenvalue weighted by Gasteiger charge is 2.48. The number of nitrogens with zero attached hydrogens (tertiary/aromatic N) is 1. The molecule has 0 unspecified atom stereocenters. The molecule has 1 N–H and O–H groups in total. The number of hydrogen-bond acceptors (Lipinski definition) is 4. The summed E-state index contributed by atoms with van der Waals surface area (Å²) in [6, 6.07) is 20.0. The third kappa shape index (κ3) is 4.39. The van der Waals surface area contributed by atoms with Gasteiger partial charge in [0.1, 0.15) is 11.1 Å². The van der Waals surface area contributed by atoms with Gasteiger partial charge in [0.15, 0.2) is 0 Å². The van der Waals surface area contributed by atoms with Crippen LogP contribution in [0.5, 0.6) is 0 Å². The highest BCUT2D eigenvalue weighted by atomic mass is 32.2. The van der Waals surface area contributed by atoms with Gasteiger partial charge in [-0.2, -0.15) is 0 Å². The normalized spacial score (nSPS) is 30.2. The Morgan fingerprint density at radius 1 is 0.892 bits per heavy atom. The molecule has 0 spiro atoms.